The van der Waals surface area contributed by atoms with Crippen molar-refractivity contribution in [1.82, 2.24) is 9.88 Å². The van der Waals surface area contributed by atoms with Gasteiger partial charge >= 0.3 is 0 Å². The first-order valence-electron chi connectivity index (χ1n) is 8.54. The van der Waals surface area contributed by atoms with Crippen molar-refractivity contribution < 1.29 is 19.4 Å². The second-order valence-corrected chi connectivity index (χ2v) is 6.35. The Bertz CT molecular complexity index is 698. The molecule has 138 valence electrons. The highest BCUT2D eigenvalue weighted by atomic mass is 16.5. The lowest BCUT2D eigenvalue weighted by Crippen LogP contribution is -2.50. The zero-order valence-electron chi connectivity index (χ0n) is 14.5. The molecule has 0 spiro atoms. The molecular weight excluding hydrogens is 334 g/mol. The summed E-state index contributed by atoms with van der Waals surface area (Å²) in [5.41, 5.74) is -1.18. The van der Waals surface area contributed by atoms with Gasteiger partial charge in [-0.1, -0.05) is 24.3 Å². The van der Waals surface area contributed by atoms with Crippen molar-refractivity contribution in [3.8, 4) is 5.75 Å². The van der Waals surface area contributed by atoms with Crippen LogP contribution in [0.3, 0.4) is 0 Å². The van der Waals surface area contributed by atoms with Crippen molar-refractivity contribution in [1.29, 1.82) is 0 Å². The highest BCUT2D eigenvalue weighted by Crippen LogP contribution is 2.16. The van der Waals surface area contributed by atoms with Gasteiger partial charge in [-0.25, -0.2) is 4.98 Å². The number of β-amino-alcohol motifs (C(OH)–C–C–N with tert-alkyl or cyclic N) is 1. The van der Waals surface area contributed by atoms with Crippen LogP contribution in [0.5, 0.6) is 5.75 Å². The molecule has 1 amide bonds. The first-order valence-corrected chi connectivity index (χ1v) is 8.54. The fraction of sp³-hybridized carbons (Fsp3) is 0.368. The van der Waals surface area contributed by atoms with Crippen LogP contribution in [0.15, 0.2) is 54.7 Å². The molecule has 7 heteroatoms. The van der Waals surface area contributed by atoms with Gasteiger partial charge in [-0.15, -0.1) is 0 Å². The van der Waals surface area contributed by atoms with E-state index in [1.165, 1.54) is 0 Å². The molecule has 1 aliphatic heterocycles. The fourth-order valence-electron chi connectivity index (χ4n) is 2.78. The maximum atomic E-state index is 12.2. The van der Waals surface area contributed by atoms with E-state index in [0.717, 1.165) is 0 Å². The lowest BCUT2D eigenvalue weighted by molar-refractivity contribution is -0.118. The summed E-state index contributed by atoms with van der Waals surface area (Å²) in [6.45, 7) is 1.70. The van der Waals surface area contributed by atoms with E-state index in [1.807, 2.05) is 41.3 Å². The zero-order chi connectivity index (χ0) is 18.2. The summed E-state index contributed by atoms with van der Waals surface area (Å²) in [5.74, 6) is 1.01. The lowest BCUT2D eigenvalue weighted by atomic mass is 10.1. The van der Waals surface area contributed by atoms with E-state index in [-0.39, 0.29) is 32.2 Å². The molecule has 2 aromatic rings. The largest absolute Gasteiger partial charge is 0.490 e. The monoisotopic (exact) mass is 357 g/mol. The van der Waals surface area contributed by atoms with Crippen molar-refractivity contribution >= 4 is 11.7 Å². The Morgan fingerprint density at radius 1 is 1.27 bits per heavy atom. The third-order valence-corrected chi connectivity index (χ3v) is 3.99. The second kappa shape index (κ2) is 8.75. The molecule has 1 aromatic heterocycles. The van der Waals surface area contributed by atoms with E-state index in [1.54, 1.807) is 18.3 Å². The van der Waals surface area contributed by atoms with Gasteiger partial charge in [0.2, 0.25) is 5.91 Å². The van der Waals surface area contributed by atoms with Crippen LogP contribution in [0.2, 0.25) is 0 Å². The first-order chi connectivity index (χ1) is 12.6. The van der Waals surface area contributed by atoms with Gasteiger partial charge in [-0.05, 0) is 24.3 Å². The van der Waals surface area contributed by atoms with Crippen LogP contribution >= 0.6 is 0 Å². The number of anilines is 1. The van der Waals surface area contributed by atoms with Gasteiger partial charge < -0.3 is 19.9 Å². The highest BCUT2D eigenvalue weighted by molar-refractivity contribution is 5.91. The number of amides is 1. The smallest absolute Gasteiger partial charge is 0.239 e. The van der Waals surface area contributed by atoms with Crippen LogP contribution in [0, 0.1) is 0 Å². The van der Waals surface area contributed by atoms with Crippen LogP contribution < -0.4 is 10.1 Å². The van der Waals surface area contributed by atoms with Gasteiger partial charge in [-0.2, -0.15) is 0 Å². The maximum absolute atomic E-state index is 12.2. The normalized spacial score (nSPS) is 21.0. The summed E-state index contributed by atoms with van der Waals surface area (Å²) < 4.78 is 11.2. The van der Waals surface area contributed by atoms with Crippen LogP contribution in [0.1, 0.15) is 0 Å². The predicted octanol–water partition coefficient (Wildman–Crippen LogP) is 1.16. The number of benzene rings is 1. The molecule has 0 saturated carbocycles. The molecule has 0 bridgehead atoms. The number of hydrogen-bond acceptors (Lipinski definition) is 6. The van der Waals surface area contributed by atoms with Crippen LogP contribution in [0.4, 0.5) is 5.82 Å². The highest BCUT2D eigenvalue weighted by Gasteiger charge is 2.34. The van der Waals surface area contributed by atoms with Gasteiger partial charge in [0.1, 0.15) is 23.8 Å². The van der Waals surface area contributed by atoms with Gasteiger partial charge in [-0.3, -0.25) is 9.69 Å². The molecule has 2 heterocycles. The standard InChI is InChI=1S/C19H23N3O4/c23-18(21-17-8-4-5-9-20-17)12-22-10-11-25-14-19(24,13-22)15-26-16-6-2-1-3-7-16/h1-9,24H,10-15H2,(H,20,21,23)/t19-/m0/s1. The first kappa shape index (κ1) is 18.3. The Kier molecular flexibility index (Phi) is 6.17. The molecule has 0 radical (unpaired) electrons. The van der Waals surface area contributed by atoms with Crippen molar-refractivity contribution in [3.63, 3.8) is 0 Å². The number of nitrogens with one attached hydrogen (secondary N) is 1. The van der Waals surface area contributed by atoms with Gasteiger partial charge in [0.15, 0.2) is 0 Å². The molecule has 7 nitrogen and oxygen atoms in total. The minimum Gasteiger partial charge on any atom is -0.490 e. The van der Waals surface area contributed by atoms with E-state index in [0.29, 0.717) is 24.7 Å². The molecule has 0 aliphatic carbocycles. The van der Waals surface area contributed by atoms with E-state index in [4.69, 9.17) is 9.47 Å². The average molecular weight is 357 g/mol. The molecule has 0 unspecified atom stereocenters. The molecule has 2 N–H and O–H groups in total. The summed E-state index contributed by atoms with van der Waals surface area (Å²) in [7, 11) is 0. The zero-order valence-corrected chi connectivity index (χ0v) is 14.5. The Labute approximate surface area is 152 Å². The maximum Gasteiger partial charge on any atom is 0.239 e. The summed E-state index contributed by atoms with van der Waals surface area (Å²) in [5, 5.41) is 13.6. The average Bonchev–Trinajstić information content (AvgIpc) is 2.83. The van der Waals surface area contributed by atoms with Gasteiger partial charge in [0.25, 0.3) is 0 Å². The summed E-state index contributed by atoms with van der Waals surface area (Å²) in [6.07, 6.45) is 1.62. The van der Waals surface area contributed by atoms with Crippen LogP contribution in [0.25, 0.3) is 0 Å². The number of aliphatic hydroxyl groups is 1. The Morgan fingerprint density at radius 3 is 2.85 bits per heavy atom. The molecule has 1 fully saturated rings. The number of rotatable bonds is 6. The van der Waals surface area contributed by atoms with Crippen molar-refractivity contribution in [2.75, 3.05) is 44.8 Å². The SMILES string of the molecule is O=C(CN1CCOC[C@](O)(COc2ccccc2)C1)Nc1ccccn1. The van der Waals surface area contributed by atoms with Crippen LogP contribution in [-0.4, -0.2) is 66.0 Å². The van der Waals surface area contributed by atoms with E-state index in [9.17, 15) is 9.90 Å². The third kappa shape index (κ3) is 5.52. The molecular formula is C19H23N3O4. The van der Waals surface area contributed by atoms with E-state index < -0.39 is 5.60 Å². The topological polar surface area (TPSA) is 83.9 Å². The lowest BCUT2D eigenvalue weighted by Gasteiger charge is -2.30. The van der Waals surface area contributed by atoms with Crippen molar-refractivity contribution in [3.05, 3.63) is 54.7 Å². The number of pyridine rings is 1. The predicted molar refractivity (Wildman–Crippen MR) is 97.0 cm³/mol. The van der Waals surface area contributed by atoms with Crippen molar-refractivity contribution in [2.24, 2.45) is 0 Å². The minimum atomic E-state index is -1.18. The fourth-order valence-corrected chi connectivity index (χ4v) is 2.78. The summed E-state index contributed by atoms with van der Waals surface area (Å²) in [4.78, 5) is 18.2. The van der Waals surface area contributed by atoms with Gasteiger partial charge in [0.05, 0.1) is 19.8 Å². The van der Waals surface area contributed by atoms with Crippen molar-refractivity contribution in [2.45, 2.75) is 5.60 Å². The Morgan fingerprint density at radius 2 is 2.08 bits per heavy atom. The number of aromatic nitrogens is 1. The molecule has 1 aromatic carbocycles. The number of para-hydroxylation sites is 1. The minimum absolute atomic E-state index is 0.0926. The molecule has 1 aliphatic rings. The van der Waals surface area contributed by atoms with E-state index >= 15 is 0 Å². The number of carbonyl (C=O) groups is 1. The number of hydrogen-bond donors (Lipinski definition) is 2. The Hall–Kier alpha value is -2.48. The van der Waals surface area contributed by atoms with E-state index in [2.05, 4.69) is 10.3 Å². The molecule has 1 atom stereocenters. The number of carbonyl (C=O) groups excluding carboxylic acids is 1. The number of ether oxygens (including phenoxy) is 2. The number of nitrogens with zero attached hydrogens (tertiary/aromatic N) is 2. The summed E-state index contributed by atoms with van der Waals surface area (Å²) >= 11 is 0. The quantitative estimate of drug-likeness (QED) is 0.807. The third-order valence-electron chi connectivity index (χ3n) is 3.99. The Balaban J connectivity index is 1.55. The van der Waals surface area contributed by atoms with Gasteiger partial charge in [0, 0.05) is 19.3 Å². The summed E-state index contributed by atoms with van der Waals surface area (Å²) in [6, 6.07) is 14.6. The molecule has 3 rings (SSSR count). The molecule has 1 saturated heterocycles. The molecule has 26 heavy (non-hydrogen) atoms. The van der Waals surface area contributed by atoms with Crippen LogP contribution in [-0.2, 0) is 9.53 Å². The second-order valence-electron chi connectivity index (χ2n) is 6.35.